The van der Waals surface area contributed by atoms with Gasteiger partial charge in [0.1, 0.15) is 11.6 Å². The fraction of sp³-hybridized carbons (Fsp3) is 0.273. The molecule has 0 heterocycles. The van der Waals surface area contributed by atoms with Crippen LogP contribution in [0.4, 0.5) is 4.39 Å². The average molecular weight is 226 g/mol. The average Bonchev–Trinajstić information content (AvgIpc) is 2.24. The maximum absolute atomic E-state index is 12.7. The molecule has 0 radical (unpaired) electrons. The number of Topliss-reactive ketones (excluding diaryl/α,β-unsaturated/α-hetero) is 1. The van der Waals surface area contributed by atoms with Crippen molar-refractivity contribution in [1.29, 1.82) is 0 Å². The van der Waals surface area contributed by atoms with E-state index in [4.69, 9.17) is 9.84 Å². The molecule has 86 valence electrons. The molecule has 0 saturated heterocycles. The molecule has 4 nitrogen and oxygen atoms in total. The van der Waals surface area contributed by atoms with Gasteiger partial charge in [0.25, 0.3) is 0 Å². The Morgan fingerprint density at radius 2 is 2.12 bits per heavy atom. The zero-order valence-corrected chi connectivity index (χ0v) is 8.48. The van der Waals surface area contributed by atoms with Crippen LogP contribution in [0, 0.1) is 5.82 Å². The second-order valence-electron chi connectivity index (χ2n) is 3.14. The molecule has 0 unspecified atom stereocenters. The van der Waals surface area contributed by atoms with Crippen LogP contribution in [0.2, 0.25) is 0 Å². The van der Waals surface area contributed by atoms with Crippen molar-refractivity contribution in [3.05, 3.63) is 30.1 Å². The summed E-state index contributed by atoms with van der Waals surface area (Å²) >= 11 is 0. The summed E-state index contributed by atoms with van der Waals surface area (Å²) in [7, 11) is 0. The second kappa shape index (κ2) is 5.85. The highest BCUT2D eigenvalue weighted by Crippen LogP contribution is 2.12. The van der Waals surface area contributed by atoms with E-state index < -0.39 is 17.6 Å². The van der Waals surface area contributed by atoms with Crippen molar-refractivity contribution in [3.8, 4) is 5.75 Å². The molecule has 0 aliphatic rings. The van der Waals surface area contributed by atoms with Gasteiger partial charge in [-0.05, 0) is 18.6 Å². The first-order chi connectivity index (χ1) is 7.59. The first-order valence-electron chi connectivity index (χ1n) is 4.74. The highest BCUT2D eigenvalue weighted by molar-refractivity contribution is 6.32. The summed E-state index contributed by atoms with van der Waals surface area (Å²) < 4.78 is 17.8. The number of carboxylic acids is 1. The number of ether oxygens (including phenoxy) is 1. The van der Waals surface area contributed by atoms with Gasteiger partial charge >= 0.3 is 5.97 Å². The summed E-state index contributed by atoms with van der Waals surface area (Å²) in [5.41, 5.74) is 0. The highest BCUT2D eigenvalue weighted by Gasteiger charge is 2.10. The van der Waals surface area contributed by atoms with E-state index >= 15 is 0 Å². The van der Waals surface area contributed by atoms with E-state index in [1.807, 2.05) is 0 Å². The number of benzene rings is 1. The van der Waals surface area contributed by atoms with Crippen LogP contribution in [0.15, 0.2) is 24.3 Å². The quantitative estimate of drug-likeness (QED) is 0.591. The van der Waals surface area contributed by atoms with Crippen molar-refractivity contribution in [3.63, 3.8) is 0 Å². The molecule has 16 heavy (non-hydrogen) atoms. The Kier molecular flexibility index (Phi) is 4.44. The Bertz CT molecular complexity index is 389. The van der Waals surface area contributed by atoms with Crippen LogP contribution < -0.4 is 4.74 Å². The van der Waals surface area contributed by atoms with Crippen LogP contribution in [-0.2, 0) is 9.59 Å². The lowest BCUT2D eigenvalue weighted by Gasteiger charge is -2.04. The van der Waals surface area contributed by atoms with Gasteiger partial charge in [0, 0.05) is 12.5 Å². The number of rotatable bonds is 6. The first-order valence-corrected chi connectivity index (χ1v) is 4.74. The molecule has 0 aromatic heterocycles. The number of halogens is 1. The summed E-state index contributed by atoms with van der Waals surface area (Å²) in [6, 6.07) is 5.61. The maximum Gasteiger partial charge on any atom is 0.372 e. The van der Waals surface area contributed by atoms with Gasteiger partial charge in [-0.15, -0.1) is 0 Å². The number of carbonyl (C=O) groups is 2. The molecule has 0 atom stereocenters. The van der Waals surface area contributed by atoms with Crippen LogP contribution >= 0.6 is 0 Å². The molecule has 0 aliphatic carbocycles. The molecular weight excluding hydrogens is 215 g/mol. The molecule has 0 spiro atoms. The highest BCUT2D eigenvalue weighted by atomic mass is 19.1. The summed E-state index contributed by atoms with van der Waals surface area (Å²) in [6.07, 6.45) is 0.215. The minimum Gasteiger partial charge on any atom is -0.493 e. The SMILES string of the molecule is O=C(O)C(=O)CCCOc1cccc(F)c1. The Balaban J connectivity index is 2.26. The van der Waals surface area contributed by atoms with Crippen molar-refractivity contribution in [1.82, 2.24) is 0 Å². The van der Waals surface area contributed by atoms with Crippen molar-refractivity contribution in [2.45, 2.75) is 12.8 Å². The molecule has 1 rings (SSSR count). The van der Waals surface area contributed by atoms with E-state index in [1.165, 1.54) is 18.2 Å². The van der Waals surface area contributed by atoms with E-state index in [-0.39, 0.29) is 13.0 Å². The van der Waals surface area contributed by atoms with E-state index in [1.54, 1.807) is 6.07 Å². The number of hydrogen-bond acceptors (Lipinski definition) is 3. The van der Waals surface area contributed by atoms with Gasteiger partial charge in [-0.2, -0.15) is 0 Å². The number of hydrogen-bond donors (Lipinski definition) is 1. The van der Waals surface area contributed by atoms with Gasteiger partial charge in [-0.25, -0.2) is 9.18 Å². The smallest absolute Gasteiger partial charge is 0.372 e. The third-order valence-corrected chi connectivity index (χ3v) is 1.85. The maximum atomic E-state index is 12.7. The van der Waals surface area contributed by atoms with Crippen LogP contribution in [-0.4, -0.2) is 23.5 Å². The lowest BCUT2D eigenvalue weighted by molar-refractivity contribution is -0.149. The zero-order valence-electron chi connectivity index (χ0n) is 8.48. The lowest BCUT2D eigenvalue weighted by Crippen LogP contribution is -2.13. The minimum atomic E-state index is -1.44. The number of ketones is 1. The number of carbonyl (C=O) groups excluding carboxylic acids is 1. The van der Waals surface area contributed by atoms with Gasteiger partial charge in [0.05, 0.1) is 6.61 Å². The summed E-state index contributed by atoms with van der Waals surface area (Å²) in [5, 5.41) is 8.29. The van der Waals surface area contributed by atoms with Crippen molar-refractivity contribution < 1.29 is 23.8 Å². The fourth-order valence-corrected chi connectivity index (χ4v) is 1.09. The molecular formula is C11H11FO4. The normalized spacial score (nSPS) is 9.81. The lowest BCUT2D eigenvalue weighted by atomic mass is 10.2. The summed E-state index contributed by atoms with van der Waals surface area (Å²) in [4.78, 5) is 20.9. The van der Waals surface area contributed by atoms with Crippen LogP contribution in [0.1, 0.15) is 12.8 Å². The molecule has 0 bridgehead atoms. The third-order valence-electron chi connectivity index (χ3n) is 1.85. The largest absolute Gasteiger partial charge is 0.493 e. The van der Waals surface area contributed by atoms with Gasteiger partial charge in [-0.3, -0.25) is 4.79 Å². The minimum absolute atomic E-state index is 0.0787. The van der Waals surface area contributed by atoms with Crippen LogP contribution in [0.5, 0.6) is 5.75 Å². The second-order valence-corrected chi connectivity index (χ2v) is 3.14. The Morgan fingerprint density at radius 3 is 2.75 bits per heavy atom. The molecule has 0 fully saturated rings. The van der Waals surface area contributed by atoms with Crippen LogP contribution in [0.25, 0.3) is 0 Å². The van der Waals surface area contributed by atoms with Gasteiger partial charge in [0.2, 0.25) is 5.78 Å². The molecule has 1 aromatic rings. The van der Waals surface area contributed by atoms with Crippen LogP contribution in [0.3, 0.4) is 0 Å². The molecule has 0 saturated carbocycles. The van der Waals surface area contributed by atoms with E-state index in [2.05, 4.69) is 0 Å². The number of carboxylic acid groups (broad SMARTS) is 1. The fourth-order valence-electron chi connectivity index (χ4n) is 1.09. The predicted molar refractivity (Wildman–Crippen MR) is 53.8 cm³/mol. The van der Waals surface area contributed by atoms with E-state index in [9.17, 15) is 14.0 Å². The molecule has 1 N–H and O–H groups in total. The van der Waals surface area contributed by atoms with E-state index in [0.29, 0.717) is 12.2 Å². The standard InChI is InChI=1S/C11H11FO4/c12-8-3-1-4-9(7-8)16-6-2-5-10(13)11(14)15/h1,3-4,7H,2,5-6H2,(H,14,15). The predicted octanol–water partition coefficient (Wildman–Crippen LogP) is 1.64. The summed E-state index contributed by atoms with van der Waals surface area (Å²) in [6.45, 7) is 0.183. The molecule has 5 heteroatoms. The van der Waals surface area contributed by atoms with Gasteiger partial charge < -0.3 is 9.84 Å². The van der Waals surface area contributed by atoms with E-state index in [0.717, 1.165) is 0 Å². The first kappa shape index (κ1) is 12.2. The third kappa shape index (κ3) is 4.08. The Hall–Kier alpha value is -1.91. The zero-order chi connectivity index (χ0) is 12.0. The Labute approximate surface area is 91.7 Å². The molecule has 1 aromatic carbocycles. The molecule has 0 amide bonds. The van der Waals surface area contributed by atoms with Crippen molar-refractivity contribution >= 4 is 11.8 Å². The molecule has 0 aliphatic heterocycles. The monoisotopic (exact) mass is 226 g/mol. The Morgan fingerprint density at radius 1 is 1.38 bits per heavy atom. The van der Waals surface area contributed by atoms with Gasteiger partial charge in [0.15, 0.2) is 0 Å². The number of aliphatic carboxylic acids is 1. The van der Waals surface area contributed by atoms with Crippen molar-refractivity contribution in [2.75, 3.05) is 6.61 Å². The topological polar surface area (TPSA) is 63.6 Å². The van der Waals surface area contributed by atoms with Crippen molar-refractivity contribution in [2.24, 2.45) is 0 Å². The summed E-state index contributed by atoms with van der Waals surface area (Å²) in [5.74, 6) is -2.32. The van der Waals surface area contributed by atoms with Gasteiger partial charge in [-0.1, -0.05) is 6.07 Å².